The highest BCUT2D eigenvalue weighted by Crippen LogP contribution is 1.92. The van der Waals surface area contributed by atoms with E-state index < -0.39 is 5.97 Å². The highest BCUT2D eigenvalue weighted by molar-refractivity contribution is 5.69. The molecule has 0 heterocycles. The van der Waals surface area contributed by atoms with E-state index in [4.69, 9.17) is 0 Å². The topological polar surface area (TPSA) is 63.3 Å². The molecule has 4 heteroatoms. The van der Waals surface area contributed by atoms with E-state index in [1.165, 1.54) is 0 Å². The lowest BCUT2D eigenvalue weighted by Crippen LogP contribution is -2.05. The van der Waals surface area contributed by atoms with Crippen LogP contribution < -0.4 is 0 Å². The Labute approximate surface area is 65.2 Å². The van der Waals surface area contributed by atoms with Gasteiger partial charge in [-0.15, -0.1) is 0 Å². The van der Waals surface area contributed by atoms with Crippen LogP contribution in [0.5, 0.6) is 0 Å². The third-order valence-corrected chi connectivity index (χ3v) is 1.08. The van der Waals surface area contributed by atoms with Crippen molar-refractivity contribution in [3.63, 3.8) is 0 Å². The summed E-state index contributed by atoms with van der Waals surface area (Å²) in [5.74, 6) is -1.42. The molecule has 63 valence electrons. The molecule has 0 unspecified atom stereocenters. The molecule has 0 spiro atoms. The molecule has 0 aliphatic carbocycles. The number of hydrogen-bond donors (Lipinski definition) is 0. The molecule has 0 aliphatic rings. The Kier molecular flexibility index (Phi) is 5.15. The van der Waals surface area contributed by atoms with E-state index >= 15 is 0 Å². The van der Waals surface area contributed by atoms with Crippen LogP contribution in [-0.2, 0) is 19.4 Å². The van der Waals surface area contributed by atoms with E-state index in [2.05, 4.69) is 4.74 Å². The fourth-order valence-corrected chi connectivity index (χ4v) is 0.505. The van der Waals surface area contributed by atoms with Gasteiger partial charge in [-0.25, -0.2) is 9.90 Å². The van der Waals surface area contributed by atoms with Crippen molar-refractivity contribution in [2.45, 2.75) is 26.2 Å². The van der Waals surface area contributed by atoms with Crippen molar-refractivity contribution >= 4 is 11.9 Å². The number of carbonyl (C=O) groups is 2. The lowest BCUT2D eigenvalue weighted by atomic mass is 10.3. The predicted molar refractivity (Wildman–Crippen MR) is 36.2 cm³/mol. The van der Waals surface area contributed by atoms with Gasteiger partial charge in [0.1, 0.15) is 0 Å². The summed E-state index contributed by atoms with van der Waals surface area (Å²) in [6, 6.07) is 0. The molecule has 11 heavy (non-hydrogen) atoms. The lowest BCUT2D eigenvalue weighted by Gasteiger charge is -1.99. The van der Waals surface area contributed by atoms with E-state index in [-0.39, 0.29) is 19.0 Å². The van der Waals surface area contributed by atoms with Crippen LogP contribution in [0.4, 0.5) is 0 Å². The Morgan fingerprint density at radius 3 is 2.45 bits per heavy atom. The maximum Gasteiger partial charge on any atom is 0.355 e. The summed E-state index contributed by atoms with van der Waals surface area (Å²) in [7, 11) is 0. The third kappa shape index (κ3) is 6.83. The fourth-order valence-electron chi connectivity index (χ4n) is 0.505. The normalized spacial score (nSPS) is 9.18. The Bertz CT molecular complexity index is 141. The summed E-state index contributed by atoms with van der Waals surface area (Å²) in [6.07, 6.45) is 0.594. The molecule has 0 saturated carbocycles. The molecule has 4 nitrogen and oxygen atoms in total. The molecular formula is C7H11O4. The highest BCUT2D eigenvalue weighted by atomic mass is 16.5. The lowest BCUT2D eigenvalue weighted by molar-refractivity contribution is -0.147. The van der Waals surface area contributed by atoms with Gasteiger partial charge in [0, 0.05) is 6.42 Å². The molecule has 1 radical (unpaired) electrons. The second kappa shape index (κ2) is 5.70. The van der Waals surface area contributed by atoms with Crippen LogP contribution in [0.2, 0.25) is 0 Å². The van der Waals surface area contributed by atoms with Crippen LogP contribution in [0.3, 0.4) is 0 Å². The van der Waals surface area contributed by atoms with Crippen molar-refractivity contribution in [2.24, 2.45) is 0 Å². The van der Waals surface area contributed by atoms with Crippen LogP contribution in [0.15, 0.2) is 0 Å². The maximum absolute atomic E-state index is 10.5. The van der Waals surface area contributed by atoms with Crippen LogP contribution in [0, 0.1) is 0 Å². The number of rotatable bonds is 5. The quantitative estimate of drug-likeness (QED) is 0.437. The molecule has 0 aromatic rings. The second-order valence-electron chi connectivity index (χ2n) is 2.05. The number of carbonyl (C=O) groups excluding carboxylic acids is 2. The largest absolute Gasteiger partial charge is 0.466 e. The smallest absolute Gasteiger partial charge is 0.355 e. The first-order chi connectivity index (χ1) is 5.16. The Hall–Kier alpha value is -1.06. The van der Waals surface area contributed by atoms with Crippen molar-refractivity contribution in [2.75, 3.05) is 6.61 Å². The average Bonchev–Trinajstić information content (AvgIpc) is 1.97. The summed E-state index contributed by atoms with van der Waals surface area (Å²) < 4.78 is 4.61. The first-order valence-electron chi connectivity index (χ1n) is 3.52. The molecular weight excluding hydrogens is 148 g/mol. The molecule has 0 rings (SSSR count). The van der Waals surface area contributed by atoms with E-state index in [1.807, 2.05) is 0 Å². The van der Waals surface area contributed by atoms with Gasteiger partial charge in [-0.2, -0.15) is 0 Å². The Morgan fingerprint density at radius 2 is 2.00 bits per heavy atom. The van der Waals surface area contributed by atoms with E-state index in [0.29, 0.717) is 12.8 Å². The molecule has 0 aromatic carbocycles. The summed E-state index contributed by atoms with van der Waals surface area (Å²) in [5.41, 5.74) is 0. The molecule has 0 amide bonds. The van der Waals surface area contributed by atoms with E-state index in [0.717, 1.165) is 0 Å². The van der Waals surface area contributed by atoms with Crippen LogP contribution in [0.25, 0.3) is 0 Å². The Balaban J connectivity index is 3.14. The zero-order valence-corrected chi connectivity index (χ0v) is 6.46. The standard InChI is InChI=1S/C7H11O4/c1-2-7(10)11-5-3-4-6(8)9/h2-5H2,1H3. The summed E-state index contributed by atoms with van der Waals surface area (Å²) in [6.45, 7) is 1.85. The average molecular weight is 159 g/mol. The minimum atomic E-state index is -1.11. The van der Waals surface area contributed by atoms with Gasteiger partial charge in [0.25, 0.3) is 0 Å². The molecule has 0 saturated heterocycles. The van der Waals surface area contributed by atoms with Crippen molar-refractivity contribution in [3.05, 3.63) is 0 Å². The van der Waals surface area contributed by atoms with Gasteiger partial charge in [0.05, 0.1) is 13.0 Å². The van der Waals surface area contributed by atoms with Gasteiger partial charge in [0.15, 0.2) is 0 Å². The number of esters is 1. The minimum absolute atomic E-state index is 0.0585. The zero-order chi connectivity index (χ0) is 8.69. The van der Waals surface area contributed by atoms with Crippen LogP contribution in [0.1, 0.15) is 26.2 Å². The SMILES string of the molecule is CCC(=O)OCCCC([O])=O. The first-order valence-corrected chi connectivity index (χ1v) is 3.52. The van der Waals surface area contributed by atoms with Crippen molar-refractivity contribution < 1.29 is 19.4 Å². The van der Waals surface area contributed by atoms with Gasteiger partial charge in [-0.1, -0.05) is 6.92 Å². The predicted octanol–water partition coefficient (Wildman–Crippen LogP) is 0.677. The van der Waals surface area contributed by atoms with Gasteiger partial charge < -0.3 is 4.74 Å². The van der Waals surface area contributed by atoms with Crippen molar-refractivity contribution in [3.8, 4) is 0 Å². The molecule has 0 aromatic heterocycles. The fraction of sp³-hybridized carbons (Fsp3) is 0.714. The summed E-state index contributed by atoms with van der Waals surface area (Å²) >= 11 is 0. The zero-order valence-electron chi connectivity index (χ0n) is 6.46. The van der Waals surface area contributed by atoms with Crippen molar-refractivity contribution in [1.82, 2.24) is 0 Å². The Morgan fingerprint density at radius 1 is 1.36 bits per heavy atom. The van der Waals surface area contributed by atoms with E-state index in [1.54, 1.807) is 6.92 Å². The minimum Gasteiger partial charge on any atom is -0.466 e. The van der Waals surface area contributed by atoms with Gasteiger partial charge in [0.2, 0.25) is 0 Å². The third-order valence-electron chi connectivity index (χ3n) is 1.08. The highest BCUT2D eigenvalue weighted by Gasteiger charge is 2.01. The molecule has 0 aliphatic heterocycles. The maximum atomic E-state index is 10.5. The monoisotopic (exact) mass is 159 g/mol. The van der Waals surface area contributed by atoms with Crippen LogP contribution in [-0.4, -0.2) is 18.5 Å². The van der Waals surface area contributed by atoms with Gasteiger partial charge >= 0.3 is 11.9 Å². The second-order valence-corrected chi connectivity index (χ2v) is 2.05. The van der Waals surface area contributed by atoms with Crippen LogP contribution >= 0.6 is 0 Å². The molecule has 0 N–H and O–H groups in total. The molecule has 0 atom stereocenters. The number of hydrogen-bond acceptors (Lipinski definition) is 3. The van der Waals surface area contributed by atoms with Crippen molar-refractivity contribution in [1.29, 1.82) is 0 Å². The van der Waals surface area contributed by atoms with Gasteiger partial charge in [-0.3, -0.25) is 4.79 Å². The number of ether oxygens (including phenoxy) is 1. The van der Waals surface area contributed by atoms with E-state index in [9.17, 15) is 14.7 Å². The molecule has 0 fully saturated rings. The summed E-state index contributed by atoms with van der Waals surface area (Å²) in [4.78, 5) is 20.3. The molecule has 0 bridgehead atoms. The van der Waals surface area contributed by atoms with Gasteiger partial charge in [-0.05, 0) is 6.42 Å². The first kappa shape index (κ1) is 9.94. The summed E-state index contributed by atoms with van der Waals surface area (Å²) in [5, 5.41) is 9.86.